The van der Waals surface area contributed by atoms with Crippen molar-refractivity contribution in [2.75, 3.05) is 6.54 Å². The molecule has 2 N–H and O–H groups in total. The van der Waals surface area contributed by atoms with E-state index >= 15 is 0 Å². The molecule has 0 aliphatic heterocycles. The highest BCUT2D eigenvalue weighted by atomic mass is 14.5. The fraction of sp³-hybridized carbons (Fsp3) is 0.333. The van der Waals surface area contributed by atoms with Gasteiger partial charge in [0.2, 0.25) is 0 Å². The van der Waals surface area contributed by atoms with E-state index in [1.54, 1.807) is 0 Å². The molecular weight excluding hydrogens is 158 g/mol. The lowest BCUT2D eigenvalue weighted by Crippen LogP contribution is -2.10. The molecule has 0 heterocycles. The molecular formula is C12H17N. The van der Waals surface area contributed by atoms with Crippen LogP contribution in [-0.4, -0.2) is 6.54 Å². The maximum absolute atomic E-state index is 5.56. The smallest absolute Gasteiger partial charge is 0.00483 e. The summed E-state index contributed by atoms with van der Waals surface area (Å²) < 4.78 is 0. The third-order valence-electron chi connectivity index (χ3n) is 2.18. The van der Waals surface area contributed by atoms with Crippen molar-refractivity contribution in [3.05, 3.63) is 42.5 Å². The largest absolute Gasteiger partial charge is 0.330 e. The zero-order chi connectivity index (χ0) is 9.68. The standard InChI is InChI=1S/C12H17N/c1-10(9-13)8-11(2)12-6-4-3-5-7-12/h3-7,10H,2,8-9,13H2,1H3. The minimum Gasteiger partial charge on any atom is -0.330 e. The van der Waals surface area contributed by atoms with Crippen LogP contribution < -0.4 is 5.73 Å². The molecule has 0 aromatic heterocycles. The minimum absolute atomic E-state index is 0.521. The molecule has 0 bridgehead atoms. The molecule has 1 aromatic rings. The SMILES string of the molecule is C=C(CC(C)CN)c1ccccc1. The number of allylic oxidation sites excluding steroid dienone is 1. The van der Waals surface area contributed by atoms with Crippen molar-refractivity contribution in [1.29, 1.82) is 0 Å². The molecule has 0 saturated heterocycles. The molecule has 1 heteroatoms. The van der Waals surface area contributed by atoms with Crippen LogP contribution in [0.25, 0.3) is 5.57 Å². The summed E-state index contributed by atoms with van der Waals surface area (Å²) in [7, 11) is 0. The average Bonchev–Trinajstić information content (AvgIpc) is 2.19. The lowest BCUT2D eigenvalue weighted by atomic mass is 9.97. The van der Waals surface area contributed by atoms with Crippen LogP contribution in [0.3, 0.4) is 0 Å². The van der Waals surface area contributed by atoms with E-state index in [4.69, 9.17) is 5.73 Å². The van der Waals surface area contributed by atoms with Gasteiger partial charge in [0.15, 0.2) is 0 Å². The van der Waals surface area contributed by atoms with Crippen LogP contribution in [0.1, 0.15) is 18.9 Å². The van der Waals surface area contributed by atoms with Gasteiger partial charge in [0.05, 0.1) is 0 Å². The topological polar surface area (TPSA) is 26.0 Å². The Morgan fingerprint density at radius 2 is 2.00 bits per heavy atom. The molecule has 0 amide bonds. The van der Waals surface area contributed by atoms with E-state index in [2.05, 4.69) is 25.6 Å². The maximum Gasteiger partial charge on any atom is -0.00483 e. The molecule has 0 aliphatic carbocycles. The number of hydrogen-bond donors (Lipinski definition) is 1. The first-order chi connectivity index (χ1) is 6.24. The van der Waals surface area contributed by atoms with Crippen molar-refractivity contribution in [2.45, 2.75) is 13.3 Å². The van der Waals surface area contributed by atoms with Gasteiger partial charge in [-0.1, -0.05) is 43.8 Å². The van der Waals surface area contributed by atoms with Gasteiger partial charge >= 0.3 is 0 Å². The van der Waals surface area contributed by atoms with E-state index in [0.717, 1.165) is 13.0 Å². The summed E-state index contributed by atoms with van der Waals surface area (Å²) in [5.41, 5.74) is 7.96. The van der Waals surface area contributed by atoms with Crippen LogP contribution in [0, 0.1) is 5.92 Å². The molecule has 13 heavy (non-hydrogen) atoms. The Labute approximate surface area is 80.3 Å². The highest BCUT2D eigenvalue weighted by molar-refractivity contribution is 5.63. The average molecular weight is 175 g/mol. The van der Waals surface area contributed by atoms with E-state index in [1.165, 1.54) is 11.1 Å². The maximum atomic E-state index is 5.56. The second-order valence-corrected chi connectivity index (χ2v) is 3.51. The lowest BCUT2D eigenvalue weighted by molar-refractivity contribution is 0.614. The van der Waals surface area contributed by atoms with E-state index < -0.39 is 0 Å². The van der Waals surface area contributed by atoms with Crippen molar-refractivity contribution in [3.63, 3.8) is 0 Å². The van der Waals surface area contributed by atoms with Gasteiger partial charge in [-0.25, -0.2) is 0 Å². The van der Waals surface area contributed by atoms with Crippen LogP contribution in [-0.2, 0) is 0 Å². The summed E-state index contributed by atoms with van der Waals surface area (Å²) in [6.07, 6.45) is 0.987. The predicted octanol–water partition coefficient (Wildman–Crippen LogP) is 2.68. The Bertz CT molecular complexity index is 264. The Hall–Kier alpha value is -1.08. The molecule has 0 radical (unpaired) electrons. The van der Waals surface area contributed by atoms with Gasteiger partial charge < -0.3 is 5.73 Å². The van der Waals surface area contributed by atoms with Crippen molar-refractivity contribution in [2.24, 2.45) is 11.7 Å². The zero-order valence-electron chi connectivity index (χ0n) is 8.16. The zero-order valence-corrected chi connectivity index (χ0v) is 8.16. The van der Waals surface area contributed by atoms with Crippen LogP contribution in [0.5, 0.6) is 0 Å². The van der Waals surface area contributed by atoms with Crippen molar-refractivity contribution < 1.29 is 0 Å². The lowest BCUT2D eigenvalue weighted by Gasteiger charge is -2.10. The normalized spacial score (nSPS) is 12.5. The molecule has 0 aliphatic rings. The van der Waals surface area contributed by atoms with Crippen LogP contribution >= 0.6 is 0 Å². The van der Waals surface area contributed by atoms with Gasteiger partial charge in [0, 0.05) is 0 Å². The molecule has 70 valence electrons. The fourth-order valence-electron chi connectivity index (χ4n) is 1.30. The quantitative estimate of drug-likeness (QED) is 0.748. The van der Waals surface area contributed by atoms with Crippen molar-refractivity contribution >= 4 is 5.57 Å². The Morgan fingerprint density at radius 3 is 2.54 bits per heavy atom. The summed E-state index contributed by atoms with van der Waals surface area (Å²) in [6, 6.07) is 10.3. The Morgan fingerprint density at radius 1 is 1.38 bits per heavy atom. The van der Waals surface area contributed by atoms with Gasteiger partial charge in [-0.2, -0.15) is 0 Å². The predicted molar refractivity (Wildman–Crippen MR) is 58.3 cm³/mol. The van der Waals surface area contributed by atoms with E-state index in [9.17, 15) is 0 Å². The Balaban J connectivity index is 2.59. The van der Waals surface area contributed by atoms with E-state index in [-0.39, 0.29) is 0 Å². The first kappa shape index (κ1) is 10.0. The first-order valence-electron chi connectivity index (χ1n) is 4.67. The molecule has 0 fully saturated rings. The molecule has 1 nitrogen and oxygen atoms in total. The van der Waals surface area contributed by atoms with Gasteiger partial charge in [0.25, 0.3) is 0 Å². The second-order valence-electron chi connectivity index (χ2n) is 3.51. The fourth-order valence-corrected chi connectivity index (χ4v) is 1.30. The van der Waals surface area contributed by atoms with Crippen molar-refractivity contribution in [3.8, 4) is 0 Å². The summed E-state index contributed by atoms with van der Waals surface area (Å²) in [5, 5.41) is 0. The highest BCUT2D eigenvalue weighted by Crippen LogP contribution is 2.19. The van der Waals surface area contributed by atoms with Gasteiger partial charge in [-0.3, -0.25) is 0 Å². The molecule has 1 rings (SSSR count). The van der Waals surface area contributed by atoms with Gasteiger partial charge in [-0.15, -0.1) is 0 Å². The highest BCUT2D eigenvalue weighted by Gasteiger charge is 2.03. The third kappa shape index (κ3) is 3.03. The summed E-state index contributed by atoms with van der Waals surface area (Å²) in [6.45, 7) is 6.93. The Kier molecular flexibility index (Phi) is 3.71. The first-order valence-corrected chi connectivity index (χ1v) is 4.67. The van der Waals surface area contributed by atoms with Gasteiger partial charge in [0.1, 0.15) is 0 Å². The number of benzene rings is 1. The molecule has 1 atom stereocenters. The second kappa shape index (κ2) is 4.83. The molecule has 0 saturated carbocycles. The molecule has 1 aromatic carbocycles. The minimum atomic E-state index is 0.521. The van der Waals surface area contributed by atoms with Gasteiger partial charge in [-0.05, 0) is 30.0 Å². The third-order valence-corrected chi connectivity index (χ3v) is 2.18. The summed E-state index contributed by atoms with van der Waals surface area (Å²) in [5.74, 6) is 0.521. The van der Waals surface area contributed by atoms with Crippen LogP contribution in [0.4, 0.5) is 0 Å². The van der Waals surface area contributed by atoms with Crippen molar-refractivity contribution in [1.82, 2.24) is 0 Å². The van der Waals surface area contributed by atoms with Crippen LogP contribution in [0.2, 0.25) is 0 Å². The summed E-state index contributed by atoms with van der Waals surface area (Å²) >= 11 is 0. The number of rotatable bonds is 4. The molecule has 0 spiro atoms. The van der Waals surface area contributed by atoms with E-state index in [0.29, 0.717) is 5.92 Å². The van der Waals surface area contributed by atoms with Crippen LogP contribution in [0.15, 0.2) is 36.9 Å². The monoisotopic (exact) mass is 175 g/mol. The number of nitrogens with two attached hydrogens (primary N) is 1. The van der Waals surface area contributed by atoms with E-state index in [1.807, 2.05) is 18.2 Å². The molecule has 1 unspecified atom stereocenters. The number of hydrogen-bond acceptors (Lipinski definition) is 1. The summed E-state index contributed by atoms with van der Waals surface area (Å²) in [4.78, 5) is 0.